The van der Waals surface area contributed by atoms with Gasteiger partial charge in [0.25, 0.3) is 0 Å². The molecule has 1 saturated heterocycles. The van der Waals surface area contributed by atoms with Gasteiger partial charge in [-0.15, -0.1) is 0 Å². The fraction of sp³-hybridized carbons (Fsp3) is 0.706. The van der Waals surface area contributed by atoms with Crippen LogP contribution in [0.5, 0.6) is 0 Å². The highest BCUT2D eigenvalue weighted by atomic mass is 16.4. The Hall–Kier alpha value is -1.85. The third-order valence-electron chi connectivity index (χ3n) is 5.65. The Kier molecular flexibility index (Phi) is 4.17. The van der Waals surface area contributed by atoms with E-state index in [1.54, 1.807) is 9.58 Å². The summed E-state index contributed by atoms with van der Waals surface area (Å²) in [5, 5.41) is 13.9. The lowest BCUT2D eigenvalue weighted by Gasteiger charge is -2.33. The molecule has 0 unspecified atom stereocenters. The normalized spacial score (nSPS) is 27.1. The van der Waals surface area contributed by atoms with Gasteiger partial charge in [0.2, 0.25) is 5.91 Å². The van der Waals surface area contributed by atoms with Crippen molar-refractivity contribution in [3.63, 3.8) is 0 Å². The number of carboxylic acids is 1. The van der Waals surface area contributed by atoms with Gasteiger partial charge in [-0.3, -0.25) is 9.48 Å². The van der Waals surface area contributed by atoms with Gasteiger partial charge in [0.15, 0.2) is 0 Å². The second-order valence-corrected chi connectivity index (χ2v) is 6.95. The van der Waals surface area contributed by atoms with Crippen molar-refractivity contribution >= 4 is 11.9 Å². The first-order valence-corrected chi connectivity index (χ1v) is 8.43. The summed E-state index contributed by atoms with van der Waals surface area (Å²) in [4.78, 5) is 26.2. The minimum absolute atomic E-state index is 0.0639. The summed E-state index contributed by atoms with van der Waals surface area (Å²) in [5.74, 6) is -0.580. The number of aromatic nitrogens is 2. The van der Waals surface area contributed by atoms with Crippen LogP contribution < -0.4 is 0 Å². The van der Waals surface area contributed by atoms with E-state index in [-0.39, 0.29) is 18.4 Å². The van der Waals surface area contributed by atoms with Crippen molar-refractivity contribution in [1.82, 2.24) is 14.7 Å². The predicted octanol–water partition coefficient (Wildman–Crippen LogP) is 1.82. The number of carbonyl (C=O) groups excluding carboxylic acids is 1. The summed E-state index contributed by atoms with van der Waals surface area (Å²) in [7, 11) is 1.86. The van der Waals surface area contributed by atoms with Crippen LogP contribution in [0, 0.1) is 19.8 Å². The van der Waals surface area contributed by atoms with E-state index in [1.807, 2.05) is 20.9 Å². The number of hydrogen-bond acceptors (Lipinski definition) is 3. The number of nitrogens with zero attached hydrogens (tertiary/aromatic N) is 3. The van der Waals surface area contributed by atoms with Crippen LogP contribution in [-0.4, -0.2) is 43.7 Å². The molecule has 2 aliphatic rings. The number of likely N-dealkylation sites (tertiary alicyclic amines) is 1. The summed E-state index contributed by atoms with van der Waals surface area (Å²) in [6, 6.07) is -0.553. The minimum atomic E-state index is -0.868. The van der Waals surface area contributed by atoms with Crippen molar-refractivity contribution in [3.8, 4) is 0 Å². The monoisotopic (exact) mass is 319 g/mol. The fourth-order valence-electron chi connectivity index (χ4n) is 4.36. The average molecular weight is 319 g/mol. The molecular weight excluding hydrogens is 294 g/mol. The molecule has 1 aromatic rings. The summed E-state index contributed by atoms with van der Waals surface area (Å²) in [6.07, 6.45) is 5.07. The van der Waals surface area contributed by atoms with E-state index in [2.05, 4.69) is 5.10 Å². The van der Waals surface area contributed by atoms with Crippen molar-refractivity contribution in [2.75, 3.05) is 0 Å². The molecule has 6 heteroatoms. The number of carboxylic acid groups (broad SMARTS) is 1. The molecule has 6 nitrogen and oxygen atoms in total. The number of amides is 1. The zero-order chi connectivity index (χ0) is 16.7. The zero-order valence-electron chi connectivity index (χ0n) is 14.1. The highest BCUT2D eigenvalue weighted by molar-refractivity contribution is 5.86. The molecule has 0 aromatic carbocycles. The first-order valence-electron chi connectivity index (χ1n) is 8.43. The molecule has 1 amide bonds. The second kappa shape index (κ2) is 5.98. The maximum absolute atomic E-state index is 12.9. The lowest BCUT2D eigenvalue weighted by Crippen LogP contribution is -2.47. The molecule has 1 aromatic heterocycles. The summed E-state index contributed by atoms with van der Waals surface area (Å²) < 4.78 is 1.78. The van der Waals surface area contributed by atoms with Crippen LogP contribution in [0.1, 0.15) is 49.1 Å². The molecule has 3 atom stereocenters. The predicted molar refractivity (Wildman–Crippen MR) is 85.0 cm³/mol. The molecule has 1 saturated carbocycles. The maximum Gasteiger partial charge on any atom is 0.326 e. The minimum Gasteiger partial charge on any atom is -0.480 e. The number of hydrogen-bond donors (Lipinski definition) is 1. The Morgan fingerprint density at radius 2 is 1.96 bits per heavy atom. The molecule has 0 spiro atoms. The molecule has 1 aliphatic carbocycles. The van der Waals surface area contributed by atoms with E-state index in [4.69, 9.17) is 0 Å². The molecule has 3 rings (SSSR count). The van der Waals surface area contributed by atoms with Crippen LogP contribution in [0.25, 0.3) is 0 Å². The molecule has 23 heavy (non-hydrogen) atoms. The van der Waals surface area contributed by atoms with E-state index >= 15 is 0 Å². The summed E-state index contributed by atoms with van der Waals surface area (Å²) in [5.41, 5.74) is 2.76. The van der Waals surface area contributed by atoms with E-state index in [0.29, 0.717) is 12.3 Å². The average Bonchev–Trinajstić information content (AvgIpc) is 3.00. The third kappa shape index (κ3) is 2.75. The van der Waals surface area contributed by atoms with Gasteiger partial charge in [0, 0.05) is 24.3 Å². The van der Waals surface area contributed by atoms with Gasteiger partial charge in [-0.1, -0.05) is 12.8 Å². The van der Waals surface area contributed by atoms with Crippen molar-refractivity contribution in [2.24, 2.45) is 13.0 Å². The van der Waals surface area contributed by atoms with Gasteiger partial charge >= 0.3 is 5.97 Å². The number of aryl methyl sites for hydroxylation is 2. The van der Waals surface area contributed by atoms with E-state index in [1.165, 1.54) is 0 Å². The van der Waals surface area contributed by atoms with Crippen molar-refractivity contribution in [1.29, 1.82) is 0 Å². The summed E-state index contributed by atoms with van der Waals surface area (Å²) in [6.45, 7) is 3.85. The van der Waals surface area contributed by atoms with E-state index in [0.717, 1.165) is 42.6 Å². The molecule has 0 radical (unpaired) electrons. The van der Waals surface area contributed by atoms with Gasteiger partial charge in [-0.05, 0) is 39.0 Å². The lowest BCUT2D eigenvalue weighted by atomic mass is 9.84. The van der Waals surface area contributed by atoms with Gasteiger partial charge in [-0.2, -0.15) is 5.10 Å². The van der Waals surface area contributed by atoms with Crippen LogP contribution >= 0.6 is 0 Å². The van der Waals surface area contributed by atoms with Crippen LogP contribution in [0.15, 0.2) is 0 Å². The molecule has 1 N–H and O–H groups in total. The van der Waals surface area contributed by atoms with Crippen LogP contribution in [0.4, 0.5) is 0 Å². The second-order valence-electron chi connectivity index (χ2n) is 6.95. The first kappa shape index (κ1) is 16.0. The van der Waals surface area contributed by atoms with Crippen molar-refractivity contribution < 1.29 is 14.7 Å². The van der Waals surface area contributed by atoms with Crippen molar-refractivity contribution in [3.05, 3.63) is 17.0 Å². The Balaban J connectivity index is 1.85. The highest BCUT2D eigenvalue weighted by Crippen LogP contribution is 2.40. The molecular formula is C17H25N3O3. The Morgan fingerprint density at radius 3 is 2.57 bits per heavy atom. The Morgan fingerprint density at radius 1 is 1.26 bits per heavy atom. The largest absolute Gasteiger partial charge is 0.480 e. The smallest absolute Gasteiger partial charge is 0.326 e. The molecule has 1 aliphatic heterocycles. The van der Waals surface area contributed by atoms with Crippen LogP contribution in [0.3, 0.4) is 0 Å². The van der Waals surface area contributed by atoms with E-state index in [9.17, 15) is 14.7 Å². The summed E-state index contributed by atoms with van der Waals surface area (Å²) >= 11 is 0. The molecule has 0 bridgehead atoms. The number of aliphatic carboxylic acids is 1. The topological polar surface area (TPSA) is 75.4 Å². The quantitative estimate of drug-likeness (QED) is 0.922. The zero-order valence-corrected chi connectivity index (χ0v) is 14.1. The van der Waals surface area contributed by atoms with Gasteiger partial charge in [0.05, 0.1) is 12.1 Å². The lowest BCUT2D eigenvalue weighted by molar-refractivity contribution is -0.149. The highest BCUT2D eigenvalue weighted by Gasteiger charge is 2.47. The third-order valence-corrected chi connectivity index (χ3v) is 5.65. The number of rotatable bonds is 3. The van der Waals surface area contributed by atoms with Gasteiger partial charge in [0.1, 0.15) is 6.04 Å². The van der Waals surface area contributed by atoms with E-state index < -0.39 is 12.0 Å². The standard InChI is InChI=1S/C17H25N3O3/c1-10-13(11(2)19(3)18-10)9-16(21)20-14-7-5-4-6-12(14)8-15(20)17(22)23/h12,14-15H,4-9H2,1-3H3,(H,22,23)/t12-,14-,15-/m0/s1. The van der Waals surface area contributed by atoms with Crippen LogP contribution in [-0.2, 0) is 23.1 Å². The first-order chi connectivity index (χ1) is 10.9. The maximum atomic E-state index is 12.9. The van der Waals surface area contributed by atoms with Crippen molar-refractivity contribution in [2.45, 2.75) is 64.5 Å². The van der Waals surface area contributed by atoms with Gasteiger partial charge in [-0.25, -0.2) is 4.79 Å². The molecule has 2 heterocycles. The number of fused-ring (bicyclic) bond motifs is 1. The molecule has 126 valence electrons. The molecule has 2 fully saturated rings. The fourth-order valence-corrected chi connectivity index (χ4v) is 4.36. The SMILES string of the molecule is Cc1nn(C)c(C)c1CC(=O)N1[C@H](C(=O)O)C[C@@H]2CCCC[C@@H]21. The Labute approximate surface area is 136 Å². The number of carbonyl (C=O) groups is 2. The van der Waals surface area contributed by atoms with Gasteiger partial charge < -0.3 is 10.0 Å². The Bertz CT molecular complexity index is 637. The van der Waals surface area contributed by atoms with Crippen LogP contribution in [0.2, 0.25) is 0 Å².